The average Bonchev–Trinajstić information content (AvgIpc) is 2.77. The topological polar surface area (TPSA) is 76.9 Å². The molecular formula is C22H30N4O4. The number of hydrogen-bond acceptors (Lipinski definition) is 6. The van der Waals surface area contributed by atoms with Crippen molar-refractivity contribution in [3.05, 3.63) is 63.8 Å². The lowest BCUT2D eigenvalue weighted by molar-refractivity contribution is 0.0362. The second kappa shape index (κ2) is 11.0. The van der Waals surface area contributed by atoms with Gasteiger partial charge in [-0.1, -0.05) is 6.07 Å². The van der Waals surface area contributed by atoms with Gasteiger partial charge in [-0.2, -0.15) is 0 Å². The van der Waals surface area contributed by atoms with Crippen LogP contribution in [0.4, 0.5) is 0 Å². The molecule has 1 aliphatic heterocycles. The van der Waals surface area contributed by atoms with E-state index in [0.29, 0.717) is 45.0 Å². The average molecular weight is 415 g/mol. The van der Waals surface area contributed by atoms with E-state index in [4.69, 9.17) is 9.47 Å². The van der Waals surface area contributed by atoms with E-state index in [-0.39, 0.29) is 17.0 Å². The number of methoxy groups -OCH3 is 1. The van der Waals surface area contributed by atoms with Crippen molar-refractivity contribution in [3.63, 3.8) is 0 Å². The first-order valence-electron chi connectivity index (χ1n) is 10.3. The van der Waals surface area contributed by atoms with E-state index in [1.54, 1.807) is 35.9 Å². The fraction of sp³-hybridized carbons (Fsp3) is 0.500. The highest BCUT2D eigenvalue weighted by Gasteiger charge is 2.23. The largest absolute Gasteiger partial charge is 0.383 e. The lowest BCUT2D eigenvalue weighted by Gasteiger charge is -2.27. The van der Waals surface area contributed by atoms with Crippen molar-refractivity contribution in [2.45, 2.75) is 20.0 Å². The normalized spacial score (nSPS) is 14.6. The molecule has 0 spiro atoms. The Labute approximate surface area is 177 Å². The second-order valence-corrected chi connectivity index (χ2v) is 7.37. The van der Waals surface area contributed by atoms with Gasteiger partial charge < -0.3 is 18.9 Å². The number of pyridine rings is 2. The van der Waals surface area contributed by atoms with Gasteiger partial charge in [-0.05, 0) is 30.7 Å². The standard InChI is InChI=1S/C22H30N4O4/c1-18-6-8-25(10-9-24-11-15-30-16-12-24)21(27)20(18)22(28)26(13-14-29-2)17-19-5-3-4-7-23-19/h3-8H,9-17H2,1-2H3. The van der Waals surface area contributed by atoms with Crippen molar-refractivity contribution in [3.8, 4) is 0 Å². The monoisotopic (exact) mass is 414 g/mol. The molecule has 0 atom stereocenters. The lowest BCUT2D eigenvalue weighted by atomic mass is 10.1. The van der Waals surface area contributed by atoms with E-state index in [9.17, 15) is 9.59 Å². The van der Waals surface area contributed by atoms with Crippen LogP contribution in [0.15, 0.2) is 41.5 Å². The summed E-state index contributed by atoms with van der Waals surface area (Å²) >= 11 is 0. The fourth-order valence-electron chi connectivity index (χ4n) is 3.47. The molecule has 0 N–H and O–H groups in total. The van der Waals surface area contributed by atoms with Crippen LogP contribution in [0, 0.1) is 6.92 Å². The van der Waals surface area contributed by atoms with E-state index in [1.807, 2.05) is 24.3 Å². The third kappa shape index (κ3) is 5.75. The first-order valence-corrected chi connectivity index (χ1v) is 10.3. The smallest absolute Gasteiger partial charge is 0.263 e. The Kier molecular flexibility index (Phi) is 8.12. The lowest BCUT2D eigenvalue weighted by Crippen LogP contribution is -2.41. The molecule has 3 rings (SSSR count). The highest BCUT2D eigenvalue weighted by molar-refractivity contribution is 5.95. The molecule has 1 fully saturated rings. The van der Waals surface area contributed by atoms with Crippen molar-refractivity contribution in [2.75, 3.05) is 53.1 Å². The van der Waals surface area contributed by atoms with Gasteiger partial charge in [0.1, 0.15) is 5.56 Å². The van der Waals surface area contributed by atoms with E-state index in [0.717, 1.165) is 25.3 Å². The van der Waals surface area contributed by atoms with Gasteiger partial charge in [-0.25, -0.2) is 0 Å². The van der Waals surface area contributed by atoms with Crippen LogP contribution in [-0.4, -0.2) is 78.4 Å². The minimum Gasteiger partial charge on any atom is -0.383 e. The molecule has 1 saturated heterocycles. The molecule has 2 aromatic heterocycles. The summed E-state index contributed by atoms with van der Waals surface area (Å²) in [6.07, 6.45) is 3.47. The highest BCUT2D eigenvalue weighted by atomic mass is 16.5. The molecule has 0 unspecified atom stereocenters. The zero-order valence-corrected chi connectivity index (χ0v) is 17.7. The number of nitrogens with zero attached hydrogens (tertiary/aromatic N) is 4. The number of carbonyl (C=O) groups excluding carboxylic acids is 1. The zero-order chi connectivity index (χ0) is 21.3. The predicted molar refractivity (Wildman–Crippen MR) is 114 cm³/mol. The Morgan fingerprint density at radius 2 is 2.03 bits per heavy atom. The minimum atomic E-state index is -0.291. The van der Waals surface area contributed by atoms with Gasteiger partial charge in [0.05, 0.1) is 32.1 Å². The molecule has 8 nitrogen and oxygen atoms in total. The number of aryl methyl sites for hydroxylation is 1. The third-order valence-corrected chi connectivity index (χ3v) is 5.28. The van der Waals surface area contributed by atoms with Crippen LogP contribution in [0.1, 0.15) is 21.6 Å². The molecule has 0 radical (unpaired) electrons. The van der Waals surface area contributed by atoms with Crippen LogP contribution < -0.4 is 5.56 Å². The van der Waals surface area contributed by atoms with Gasteiger partial charge in [0.25, 0.3) is 11.5 Å². The number of morpholine rings is 1. The van der Waals surface area contributed by atoms with Gasteiger partial charge in [0.2, 0.25) is 0 Å². The van der Waals surface area contributed by atoms with Crippen LogP contribution in [0.3, 0.4) is 0 Å². The number of rotatable bonds is 9. The summed E-state index contributed by atoms with van der Waals surface area (Å²) in [5.74, 6) is -0.291. The van der Waals surface area contributed by atoms with E-state index >= 15 is 0 Å². The van der Waals surface area contributed by atoms with Gasteiger partial charge in [0, 0.05) is 52.2 Å². The summed E-state index contributed by atoms with van der Waals surface area (Å²) in [4.78, 5) is 34.7. The number of amides is 1. The first kappa shape index (κ1) is 22.1. The summed E-state index contributed by atoms with van der Waals surface area (Å²) < 4.78 is 12.2. The molecular weight excluding hydrogens is 384 g/mol. The predicted octanol–water partition coefficient (Wildman–Crippen LogP) is 1.17. The SMILES string of the molecule is COCCN(Cc1ccccn1)C(=O)c1c(C)ccn(CCN2CCOCC2)c1=O. The second-order valence-electron chi connectivity index (χ2n) is 7.37. The molecule has 3 heterocycles. The van der Waals surface area contributed by atoms with Crippen molar-refractivity contribution in [2.24, 2.45) is 0 Å². The Morgan fingerprint density at radius 3 is 2.73 bits per heavy atom. The third-order valence-electron chi connectivity index (χ3n) is 5.28. The first-order chi connectivity index (χ1) is 14.6. The van der Waals surface area contributed by atoms with E-state index < -0.39 is 0 Å². The molecule has 2 aromatic rings. The number of hydrogen-bond donors (Lipinski definition) is 0. The van der Waals surface area contributed by atoms with Crippen molar-refractivity contribution in [1.29, 1.82) is 0 Å². The van der Waals surface area contributed by atoms with Crippen molar-refractivity contribution < 1.29 is 14.3 Å². The summed E-state index contributed by atoms with van der Waals surface area (Å²) in [7, 11) is 1.59. The van der Waals surface area contributed by atoms with Crippen molar-refractivity contribution >= 4 is 5.91 Å². The molecule has 0 saturated carbocycles. The summed E-state index contributed by atoms with van der Waals surface area (Å²) in [5.41, 5.74) is 1.41. The maximum atomic E-state index is 13.4. The Morgan fingerprint density at radius 1 is 1.23 bits per heavy atom. The molecule has 30 heavy (non-hydrogen) atoms. The Hall–Kier alpha value is -2.55. The van der Waals surface area contributed by atoms with Gasteiger partial charge in [0.15, 0.2) is 0 Å². The van der Waals surface area contributed by atoms with Crippen molar-refractivity contribution in [1.82, 2.24) is 19.4 Å². The molecule has 1 amide bonds. The molecule has 8 heteroatoms. The van der Waals surface area contributed by atoms with Crippen LogP contribution in [0.25, 0.3) is 0 Å². The van der Waals surface area contributed by atoms with Gasteiger partial charge in [-0.3, -0.25) is 19.5 Å². The molecule has 162 valence electrons. The number of aromatic nitrogens is 2. The summed E-state index contributed by atoms with van der Waals surface area (Å²) in [5, 5.41) is 0. The van der Waals surface area contributed by atoms with Crippen LogP contribution in [-0.2, 0) is 22.6 Å². The quantitative estimate of drug-likeness (QED) is 0.613. The maximum Gasteiger partial charge on any atom is 0.263 e. The summed E-state index contributed by atoms with van der Waals surface area (Å²) in [6, 6.07) is 7.42. The van der Waals surface area contributed by atoms with Gasteiger partial charge >= 0.3 is 0 Å². The fourth-order valence-corrected chi connectivity index (χ4v) is 3.47. The zero-order valence-electron chi connectivity index (χ0n) is 17.7. The van der Waals surface area contributed by atoms with Crippen LogP contribution in [0.5, 0.6) is 0 Å². The molecule has 1 aliphatic rings. The van der Waals surface area contributed by atoms with Crippen LogP contribution >= 0.6 is 0 Å². The maximum absolute atomic E-state index is 13.4. The number of carbonyl (C=O) groups is 1. The van der Waals surface area contributed by atoms with Gasteiger partial charge in [-0.15, -0.1) is 0 Å². The Balaban J connectivity index is 1.80. The van der Waals surface area contributed by atoms with Crippen LogP contribution in [0.2, 0.25) is 0 Å². The number of ether oxygens (including phenoxy) is 2. The minimum absolute atomic E-state index is 0.214. The van der Waals surface area contributed by atoms with E-state index in [1.165, 1.54) is 0 Å². The van der Waals surface area contributed by atoms with E-state index in [2.05, 4.69) is 9.88 Å². The Bertz CT molecular complexity index is 878. The molecule has 0 aliphatic carbocycles. The molecule has 0 bridgehead atoms. The summed E-state index contributed by atoms with van der Waals surface area (Å²) in [6.45, 7) is 7.34. The highest BCUT2D eigenvalue weighted by Crippen LogP contribution is 2.10. The molecule has 0 aromatic carbocycles.